The highest BCUT2D eigenvalue weighted by Gasteiger charge is 2.36. The maximum absolute atomic E-state index is 13.7. The van der Waals surface area contributed by atoms with Gasteiger partial charge in [-0.25, -0.2) is 13.9 Å². The van der Waals surface area contributed by atoms with E-state index in [0.29, 0.717) is 21.8 Å². The summed E-state index contributed by atoms with van der Waals surface area (Å²) in [5, 5.41) is 8.49. The number of rotatable bonds is 5. The summed E-state index contributed by atoms with van der Waals surface area (Å²) in [5.41, 5.74) is -0.799. The number of halogens is 5. The number of aryl methyl sites for hydroxylation is 1. The molecule has 7 nitrogen and oxygen atoms in total. The van der Waals surface area contributed by atoms with E-state index < -0.39 is 23.6 Å². The van der Waals surface area contributed by atoms with E-state index in [-0.39, 0.29) is 29.1 Å². The number of hydrogen-bond acceptors (Lipinski definition) is 4. The molecule has 0 aliphatic rings. The number of benzene rings is 1. The summed E-state index contributed by atoms with van der Waals surface area (Å²) >= 11 is 6.14. The second kappa shape index (κ2) is 8.47. The Morgan fingerprint density at radius 2 is 1.85 bits per heavy atom. The zero-order valence-electron chi connectivity index (χ0n) is 17.4. The van der Waals surface area contributed by atoms with Gasteiger partial charge in [-0.1, -0.05) is 11.6 Å². The molecule has 1 aromatic carbocycles. The van der Waals surface area contributed by atoms with E-state index in [0.717, 1.165) is 18.2 Å². The topological polar surface area (TPSA) is 68.3 Å². The molecule has 3 aromatic heterocycles. The normalized spacial score (nSPS) is 11.8. The molecule has 0 unspecified atom stereocenters. The molecule has 4 rings (SSSR count). The lowest BCUT2D eigenvalue weighted by molar-refractivity contribution is -0.142. The van der Waals surface area contributed by atoms with Gasteiger partial charge in [0.1, 0.15) is 11.5 Å². The number of nitrogens with zero attached hydrogens (tertiary/aromatic N) is 6. The smallest absolute Gasteiger partial charge is 0.334 e. The third-order valence-corrected chi connectivity index (χ3v) is 5.24. The second-order valence-electron chi connectivity index (χ2n) is 7.27. The highest BCUT2D eigenvalue weighted by atomic mass is 35.5. The van der Waals surface area contributed by atoms with Crippen molar-refractivity contribution in [3.8, 4) is 11.3 Å². The summed E-state index contributed by atoms with van der Waals surface area (Å²) in [6.07, 6.45) is -3.15. The Morgan fingerprint density at radius 3 is 2.45 bits per heavy atom. The molecule has 0 saturated heterocycles. The number of hydrogen-bond donors (Lipinski definition) is 0. The summed E-state index contributed by atoms with van der Waals surface area (Å²) in [4.78, 5) is 18.3. The van der Waals surface area contributed by atoms with E-state index in [1.54, 1.807) is 10.9 Å². The van der Waals surface area contributed by atoms with Crippen LogP contribution in [-0.4, -0.2) is 42.2 Å². The third kappa shape index (κ3) is 4.54. The SMILES string of the molecule is CCn1cc(Cl)c(CN(C)C(=O)c2cc3nc(-c4ccc(F)cc4)cc(C(F)(F)F)n3n2)n1. The predicted molar refractivity (Wildman–Crippen MR) is 112 cm³/mol. The molecule has 0 aliphatic carbocycles. The summed E-state index contributed by atoms with van der Waals surface area (Å²) in [7, 11) is 1.47. The van der Waals surface area contributed by atoms with Gasteiger partial charge in [-0.3, -0.25) is 9.48 Å². The van der Waals surface area contributed by atoms with Gasteiger partial charge in [0.15, 0.2) is 17.0 Å². The van der Waals surface area contributed by atoms with Crippen LogP contribution in [0.5, 0.6) is 0 Å². The van der Waals surface area contributed by atoms with Crippen LogP contribution in [0, 0.1) is 5.82 Å². The summed E-state index contributed by atoms with van der Waals surface area (Å²) in [5.74, 6) is -1.15. The van der Waals surface area contributed by atoms with Crippen molar-refractivity contribution in [3.05, 3.63) is 70.5 Å². The average Bonchev–Trinajstić information content (AvgIpc) is 3.35. The zero-order chi connectivity index (χ0) is 23.9. The van der Waals surface area contributed by atoms with E-state index in [2.05, 4.69) is 15.2 Å². The molecule has 0 atom stereocenters. The Hall–Kier alpha value is -3.47. The Bertz CT molecular complexity index is 1330. The van der Waals surface area contributed by atoms with Gasteiger partial charge in [0.2, 0.25) is 0 Å². The molecule has 0 spiro atoms. The van der Waals surface area contributed by atoms with Gasteiger partial charge >= 0.3 is 6.18 Å². The highest BCUT2D eigenvalue weighted by molar-refractivity contribution is 6.31. The van der Waals surface area contributed by atoms with Gasteiger partial charge in [-0.15, -0.1) is 0 Å². The molecular formula is C21H17ClF4N6O. The van der Waals surface area contributed by atoms with Crippen molar-refractivity contribution in [1.29, 1.82) is 0 Å². The zero-order valence-corrected chi connectivity index (χ0v) is 18.2. The minimum absolute atomic E-state index is 0.0287. The summed E-state index contributed by atoms with van der Waals surface area (Å²) < 4.78 is 56.6. The van der Waals surface area contributed by atoms with Gasteiger partial charge in [0.05, 0.1) is 17.3 Å². The van der Waals surface area contributed by atoms with Gasteiger partial charge in [-0.05, 0) is 37.3 Å². The molecule has 0 bridgehead atoms. The monoisotopic (exact) mass is 480 g/mol. The molecular weight excluding hydrogens is 464 g/mol. The Morgan fingerprint density at radius 1 is 1.15 bits per heavy atom. The largest absolute Gasteiger partial charge is 0.433 e. The Kier molecular flexibility index (Phi) is 5.83. The minimum atomic E-state index is -4.77. The summed E-state index contributed by atoms with van der Waals surface area (Å²) in [6, 6.07) is 6.88. The summed E-state index contributed by atoms with van der Waals surface area (Å²) in [6.45, 7) is 2.51. The average molecular weight is 481 g/mol. The van der Waals surface area contributed by atoms with Crippen LogP contribution < -0.4 is 0 Å². The van der Waals surface area contributed by atoms with Crippen LogP contribution in [0.3, 0.4) is 0 Å². The first-order valence-electron chi connectivity index (χ1n) is 9.78. The lowest BCUT2D eigenvalue weighted by Crippen LogP contribution is -2.27. The third-order valence-electron chi connectivity index (χ3n) is 4.92. The molecule has 1 amide bonds. The standard InChI is InChI=1S/C21H17ClF4N6O/c1-3-31-10-14(22)17(28-31)11-30(2)20(33)16-9-19-27-15(12-4-6-13(23)7-5-12)8-18(21(24,25)26)32(19)29-16/h4-10H,3,11H2,1-2H3. The number of carbonyl (C=O) groups excluding carboxylic acids is 1. The van der Waals surface area contributed by atoms with Gasteiger partial charge < -0.3 is 4.90 Å². The minimum Gasteiger partial charge on any atom is -0.334 e. The van der Waals surface area contributed by atoms with E-state index in [1.807, 2.05) is 6.92 Å². The quantitative estimate of drug-likeness (QED) is 0.388. The molecule has 0 N–H and O–H groups in total. The maximum Gasteiger partial charge on any atom is 0.433 e. The fourth-order valence-electron chi connectivity index (χ4n) is 3.25. The van der Waals surface area contributed by atoms with Crippen molar-refractivity contribution in [1.82, 2.24) is 29.3 Å². The molecule has 33 heavy (non-hydrogen) atoms. The fraction of sp³-hybridized carbons (Fsp3) is 0.238. The maximum atomic E-state index is 13.7. The van der Waals surface area contributed by atoms with Gasteiger partial charge in [0, 0.05) is 31.4 Å². The van der Waals surface area contributed by atoms with Gasteiger partial charge in [0.25, 0.3) is 5.91 Å². The Labute approximate surface area is 190 Å². The Balaban J connectivity index is 1.72. The van der Waals surface area contributed by atoms with Crippen LogP contribution in [0.25, 0.3) is 16.9 Å². The number of amides is 1. The van der Waals surface area contributed by atoms with Crippen LogP contribution >= 0.6 is 11.6 Å². The van der Waals surface area contributed by atoms with Crippen LogP contribution in [0.2, 0.25) is 5.02 Å². The molecule has 4 aromatic rings. The van der Waals surface area contributed by atoms with Gasteiger partial charge in [-0.2, -0.15) is 23.4 Å². The number of fused-ring (bicyclic) bond motifs is 1. The van der Waals surface area contributed by atoms with E-state index in [1.165, 1.54) is 30.1 Å². The molecule has 0 radical (unpaired) electrons. The first kappa shape index (κ1) is 22.7. The van der Waals surface area contributed by atoms with Crippen LogP contribution in [-0.2, 0) is 19.3 Å². The van der Waals surface area contributed by atoms with E-state index >= 15 is 0 Å². The van der Waals surface area contributed by atoms with Crippen molar-refractivity contribution in [2.45, 2.75) is 26.2 Å². The molecule has 3 heterocycles. The van der Waals surface area contributed by atoms with Crippen molar-refractivity contribution < 1.29 is 22.4 Å². The molecule has 0 aliphatic heterocycles. The van der Waals surface area contributed by atoms with Crippen molar-refractivity contribution in [3.63, 3.8) is 0 Å². The molecule has 0 saturated carbocycles. The van der Waals surface area contributed by atoms with Crippen LogP contribution in [0.15, 0.2) is 42.6 Å². The first-order valence-corrected chi connectivity index (χ1v) is 10.2. The predicted octanol–water partition coefficient (Wildman–Crippen LogP) is 4.70. The lowest BCUT2D eigenvalue weighted by Gasteiger charge is -2.14. The fourth-order valence-corrected chi connectivity index (χ4v) is 3.46. The number of carbonyl (C=O) groups is 1. The molecule has 0 fully saturated rings. The van der Waals surface area contributed by atoms with E-state index in [4.69, 9.17) is 11.6 Å². The number of alkyl halides is 3. The van der Waals surface area contributed by atoms with Crippen LogP contribution in [0.1, 0.15) is 28.8 Å². The van der Waals surface area contributed by atoms with Crippen molar-refractivity contribution in [2.24, 2.45) is 0 Å². The molecule has 12 heteroatoms. The molecule has 172 valence electrons. The van der Waals surface area contributed by atoms with Crippen LogP contribution in [0.4, 0.5) is 17.6 Å². The van der Waals surface area contributed by atoms with Crippen molar-refractivity contribution >= 4 is 23.2 Å². The van der Waals surface area contributed by atoms with Crippen molar-refractivity contribution in [2.75, 3.05) is 7.05 Å². The number of aromatic nitrogens is 5. The first-order chi connectivity index (χ1) is 15.6. The van der Waals surface area contributed by atoms with E-state index in [9.17, 15) is 22.4 Å². The highest BCUT2D eigenvalue weighted by Crippen LogP contribution is 2.32. The lowest BCUT2D eigenvalue weighted by atomic mass is 10.1. The second-order valence-corrected chi connectivity index (χ2v) is 7.68.